The van der Waals surface area contributed by atoms with E-state index in [2.05, 4.69) is 25.9 Å². The van der Waals surface area contributed by atoms with Gasteiger partial charge in [-0.05, 0) is 22.0 Å². The summed E-state index contributed by atoms with van der Waals surface area (Å²) in [4.78, 5) is 18.7. The summed E-state index contributed by atoms with van der Waals surface area (Å²) in [5.74, 6) is -0.822. The van der Waals surface area contributed by atoms with Gasteiger partial charge in [0.05, 0.1) is 12.1 Å². The van der Waals surface area contributed by atoms with Crippen molar-refractivity contribution in [3.63, 3.8) is 0 Å². The molecule has 0 aliphatic carbocycles. The Bertz CT molecular complexity index is 509. The molecule has 0 unspecified atom stereocenters. The lowest BCUT2D eigenvalue weighted by Crippen LogP contribution is -1.98. The molecule has 1 N–H and O–H groups in total. The molecular formula is C9H8BrN3O2. The third kappa shape index (κ3) is 1.99. The first-order valence-electron chi connectivity index (χ1n) is 4.36. The number of aliphatic carboxylic acids is 1. The molecule has 0 aromatic carbocycles. The molecule has 0 atom stereocenters. The minimum atomic E-state index is -0.822. The Labute approximate surface area is 93.9 Å². The second-order valence-electron chi connectivity index (χ2n) is 3.05. The number of hydrogen-bond donors (Lipinski definition) is 1. The Balaban J connectivity index is 2.36. The highest BCUT2D eigenvalue weighted by atomic mass is 79.9. The molecular weight excluding hydrogens is 262 g/mol. The Kier molecular flexibility index (Phi) is 2.68. The van der Waals surface area contributed by atoms with Gasteiger partial charge in [-0.2, -0.15) is 0 Å². The highest BCUT2D eigenvalue weighted by Crippen LogP contribution is 2.19. The van der Waals surface area contributed by atoms with E-state index in [1.165, 1.54) is 0 Å². The van der Waals surface area contributed by atoms with Gasteiger partial charge in [0.25, 0.3) is 0 Å². The van der Waals surface area contributed by atoms with E-state index in [1.54, 1.807) is 23.0 Å². The van der Waals surface area contributed by atoms with Crippen LogP contribution >= 0.6 is 15.9 Å². The van der Waals surface area contributed by atoms with Crippen LogP contribution in [0.3, 0.4) is 0 Å². The van der Waals surface area contributed by atoms with E-state index in [0.717, 1.165) is 15.9 Å². The van der Waals surface area contributed by atoms with E-state index in [1.807, 2.05) is 0 Å². The number of carboxylic acids is 1. The molecule has 2 aromatic rings. The molecule has 5 nitrogen and oxygen atoms in total. The van der Waals surface area contributed by atoms with Crippen LogP contribution in [0.25, 0.3) is 5.65 Å². The van der Waals surface area contributed by atoms with Crippen LogP contribution in [0.5, 0.6) is 0 Å². The summed E-state index contributed by atoms with van der Waals surface area (Å²) < 4.78 is 2.55. The van der Waals surface area contributed by atoms with Crippen molar-refractivity contribution >= 4 is 27.5 Å². The normalized spacial score (nSPS) is 10.7. The SMILES string of the molecule is O=C(O)CCc1nc2ccncn2c1Br. The molecule has 0 bridgehead atoms. The average Bonchev–Trinajstić information content (AvgIpc) is 2.54. The molecule has 15 heavy (non-hydrogen) atoms. The van der Waals surface area contributed by atoms with Crippen molar-refractivity contribution in [2.75, 3.05) is 0 Å². The molecule has 2 rings (SSSR count). The Hall–Kier alpha value is -1.43. The summed E-state index contributed by atoms with van der Waals surface area (Å²) >= 11 is 3.37. The van der Waals surface area contributed by atoms with E-state index in [-0.39, 0.29) is 6.42 Å². The summed E-state index contributed by atoms with van der Waals surface area (Å²) in [7, 11) is 0. The number of aryl methyl sites for hydroxylation is 1. The predicted molar refractivity (Wildman–Crippen MR) is 56.6 cm³/mol. The van der Waals surface area contributed by atoms with Gasteiger partial charge in [0.1, 0.15) is 16.6 Å². The van der Waals surface area contributed by atoms with Gasteiger partial charge in [-0.1, -0.05) is 0 Å². The zero-order valence-electron chi connectivity index (χ0n) is 7.72. The minimum Gasteiger partial charge on any atom is -0.481 e. The first-order valence-corrected chi connectivity index (χ1v) is 5.16. The molecule has 0 spiro atoms. The first kappa shape index (κ1) is 10.1. The third-order valence-corrected chi connectivity index (χ3v) is 2.85. The van der Waals surface area contributed by atoms with E-state index < -0.39 is 5.97 Å². The van der Waals surface area contributed by atoms with Gasteiger partial charge in [0.15, 0.2) is 0 Å². The van der Waals surface area contributed by atoms with Gasteiger partial charge >= 0.3 is 5.97 Å². The lowest BCUT2D eigenvalue weighted by molar-refractivity contribution is -0.136. The van der Waals surface area contributed by atoms with Crippen LogP contribution in [0.4, 0.5) is 0 Å². The number of carboxylic acid groups (broad SMARTS) is 1. The second kappa shape index (κ2) is 3.98. The van der Waals surface area contributed by atoms with E-state index in [0.29, 0.717) is 6.42 Å². The van der Waals surface area contributed by atoms with Gasteiger partial charge in [0, 0.05) is 12.6 Å². The van der Waals surface area contributed by atoms with Crippen molar-refractivity contribution in [1.82, 2.24) is 14.4 Å². The Morgan fingerprint density at radius 3 is 3.07 bits per heavy atom. The van der Waals surface area contributed by atoms with Crippen LogP contribution in [0.1, 0.15) is 12.1 Å². The largest absolute Gasteiger partial charge is 0.481 e. The van der Waals surface area contributed by atoms with Crippen LogP contribution in [0, 0.1) is 0 Å². The first-order chi connectivity index (χ1) is 7.18. The lowest BCUT2D eigenvalue weighted by atomic mass is 10.2. The topological polar surface area (TPSA) is 67.5 Å². The van der Waals surface area contributed by atoms with Crippen LogP contribution in [-0.4, -0.2) is 25.4 Å². The number of carbonyl (C=O) groups is 1. The number of imidazole rings is 1. The van der Waals surface area contributed by atoms with Crippen LogP contribution in [0.2, 0.25) is 0 Å². The molecule has 0 amide bonds. The number of halogens is 1. The van der Waals surface area contributed by atoms with Gasteiger partial charge in [-0.25, -0.2) is 9.97 Å². The fourth-order valence-electron chi connectivity index (χ4n) is 1.30. The molecule has 0 aliphatic heterocycles. The van der Waals surface area contributed by atoms with Crippen molar-refractivity contribution in [2.24, 2.45) is 0 Å². The zero-order valence-corrected chi connectivity index (χ0v) is 9.31. The third-order valence-electron chi connectivity index (χ3n) is 2.01. The van der Waals surface area contributed by atoms with Crippen LogP contribution in [0.15, 0.2) is 23.2 Å². The molecule has 6 heteroatoms. The number of rotatable bonds is 3. The quantitative estimate of drug-likeness (QED) is 0.917. The van der Waals surface area contributed by atoms with Crippen molar-refractivity contribution < 1.29 is 9.90 Å². The van der Waals surface area contributed by atoms with E-state index >= 15 is 0 Å². The monoisotopic (exact) mass is 269 g/mol. The van der Waals surface area contributed by atoms with Crippen molar-refractivity contribution in [1.29, 1.82) is 0 Å². The standard InChI is InChI=1S/C9H8BrN3O2/c10-9-6(1-2-8(14)15)12-7-3-4-11-5-13(7)9/h3-5H,1-2H2,(H,14,15). The summed E-state index contributed by atoms with van der Waals surface area (Å²) in [6.45, 7) is 0. The smallest absolute Gasteiger partial charge is 0.303 e. The molecule has 0 saturated heterocycles. The number of hydrogen-bond acceptors (Lipinski definition) is 3. The second-order valence-corrected chi connectivity index (χ2v) is 3.80. The maximum atomic E-state index is 10.4. The fourth-order valence-corrected chi connectivity index (χ4v) is 1.86. The molecule has 0 aliphatic rings. The van der Waals surface area contributed by atoms with E-state index in [9.17, 15) is 4.79 Å². The van der Waals surface area contributed by atoms with Gasteiger partial charge in [0.2, 0.25) is 0 Å². The summed E-state index contributed by atoms with van der Waals surface area (Å²) in [5, 5.41) is 8.58. The molecule has 2 heterocycles. The van der Waals surface area contributed by atoms with Gasteiger partial charge < -0.3 is 5.11 Å². The fraction of sp³-hybridized carbons (Fsp3) is 0.222. The Morgan fingerprint density at radius 1 is 1.60 bits per heavy atom. The van der Waals surface area contributed by atoms with Crippen molar-refractivity contribution in [3.8, 4) is 0 Å². The van der Waals surface area contributed by atoms with Crippen LogP contribution < -0.4 is 0 Å². The highest BCUT2D eigenvalue weighted by Gasteiger charge is 2.10. The predicted octanol–water partition coefficient (Wildman–Crippen LogP) is 1.51. The van der Waals surface area contributed by atoms with Crippen LogP contribution in [-0.2, 0) is 11.2 Å². The highest BCUT2D eigenvalue weighted by molar-refractivity contribution is 9.10. The number of aromatic nitrogens is 3. The average molecular weight is 270 g/mol. The minimum absolute atomic E-state index is 0.0793. The number of nitrogens with zero attached hydrogens (tertiary/aromatic N) is 3. The van der Waals surface area contributed by atoms with E-state index in [4.69, 9.17) is 5.11 Å². The molecule has 2 aromatic heterocycles. The number of fused-ring (bicyclic) bond motifs is 1. The maximum Gasteiger partial charge on any atom is 0.303 e. The van der Waals surface area contributed by atoms with Crippen molar-refractivity contribution in [2.45, 2.75) is 12.8 Å². The van der Waals surface area contributed by atoms with Gasteiger partial charge in [-0.3, -0.25) is 9.20 Å². The zero-order chi connectivity index (χ0) is 10.8. The summed E-state index contributed by atoms with van der Waals surface area (Å²) in [5.41, 5.74) is 1.50. The maximum absolute atomic E-state index is 10.4. The molecule has 0 fully saturated rings. The molecule has 78 valence electrons. The van der Waals surface area contributed by atoms with Gasteiger partial charge in [-0.15, -0.1) is 0 Å². The molecule has 0 saturated carbocycles. The Morgan fingerprint density at radius 2 is 2.40 bits per heavy atom. The summed E-state index contributed by atoms with van der Waals surface area (Å²) in [6.07, 6.45) is 3.78. The molecule has 0 radical (unpaired) electrons. The lowest BCUT2D eigenvalue weighted by Gasteiger charge is -1.94. The van der Waals surface area contributed by atoms with Crippen molar-refractivity contribution in [3.05, 3.63) is 28.9 Å². The summed E-state index contributed by atoms with van der Waals surface area (Å²) in [6, 6.07) is 1.77.